The van der Waals surface area contributed by atoms with Crippen LogP contribution in [0.4, 0.5) is 0 Å². The van der Waals surface area contributed by atoms with Gasteiger partial charge in [0, 0.05) is 16.6 Å². The lowest BCUT2D eigenvalue weighted by atomic mass is 10.1. The fourth-order valence-corrected chi connectivity index (χ4v) is 1.40. The first kappa shape index (κ1) is 12.5. The van der Waals surface area contributed by atoms with Crippen LogP contribution in [0.25, 0.3) is 6.08 Å². The van der Waals surface area contributed by atoms with Crippen molar-refractivity contribution in [1.29, 1.82) is 0 Å². The quantitative estimate of drug-likeness (QED) is 0.878. The van der Waals surface area contributed by atoms with E-state index in [4.69, 9.17) is 0 Å². The van der Waals surface area contributed by atoms with Crippen LogP contribution in [0.5, 0.6) is 0 Å². The van der Waals surface area contributed by atoms with Crippen molar-refractivity contribution in [2.45, 2.75) is 26.3 Å². The van der Waals surface area contributed by atoms with Gasteiger partial charge in [0.2, 0.25) is 0 Å². The smallest absolute Gasteiger partial charge is 0.0175 e. The van der Waals surface area contributed by atoms with E-state index in [1.165, 1.54) is 5.56 Å². The SMILES string of the molecule is CC(C)(C)NCC=Cc1ccc(Br)cc1. The first-order chi connectivity index (χ1) is 6.97. The Morgan fingerprint density at radius 3 is 2.33 bits per heavy atom. The maximum atomic E-state index is 3.42. The fraction of sp³-hybridized carbons (Fsp3) is 0.385. The molecule has 0 amide bonds. The summed E-state index contributed by atoms with van der Waals surface area (Å²) >= 11 is 3.42. The molecule has 0 saturated heterocycles. The Labute approximate surface area is 101 Å². The molecule has 1 rings (SSSR count). The molecule has 0 aliphatic rings. The summed E-state index contributed by atoms with van der Waals surface area (Å²) in [4.78, 5) is 0. The minimum atomic E-state index is 0.185. The van der Waals surface area contributed by atoms with Gasteiger partial charge in [0.05, 0.1) is 0 Å². The monoisotopic (exact) mass is 267 g/mol. The molecule has 0 radical (unpaired) electrons. The number of benzene rings is 1. The summed E-state index contributed by atoms with van der Waals surface area (Å²) in [7, 11) is 0. The molecule has 0 atom stereocenters. The zero-order chi connectivity index (χ0) is 11.3. The third-order valence-corrected chi connectivity index (χ3v) is 2.46. The minimum Gasteiger partial charge on any atom is -0.309 e. The van der Waals surface area contributed by atoms with Crippen LogP contribution in [0.15, 0.2) is 34.8 Å². The summed E-state index contributed by atoms with van der Waals surface area (Å²) in [5.74, 6) is 0. The van der Waals surface area contributed by atoms with Gasteiger partial charge in [-0.1, -0.05) is 40.2 Å². The highest BCUT2D eigenvalue weighted by Crippen LogP contribution is 2.11. The maximum Gasteiger partial charge on any atom is 0.0175 e. The highest BCUT2D eigenvalue weighted by molar-refractivity contribution is 9.10. The lowest BCUT2D eigenvalue weighted by molar-refractivity contribution is 0.450. The Bertz CT molecular complexity index is 319. The maximum absolute atomic E-state index is 3.42. The summed E-state index contributed by atoms with van der Waals surface area (Å²) < 4.78 is 1.12. The molecule has 82 valence electrons. The van der Waals surface area contributed by atoms with Crippen molar-refractivity contribution in [2.24, 2.45) is 0 Å². The lowest BCUT2D eigenvalue weighted by Gasteiger charge is -2.18. The van der Waals surface area contributed by atoms with E-state index in [0.717, 1.165) is 11.0 Å². The van der Waals surface area contributed by atoms with Crippen LogP contribution < -0.4 is 5.32 Å². The van der Waals surface area contributed by atoms with E-state index in [-0.39, 0.29) is 5.54 Å². The molecule has 1 N–H and O–H groups in total. The molecule has 1 aromatic rings. The van der Waals surface area contributed by atoms with E-state index in [1.54, 1.807) is 0 Å². The number of hydrogen-bond donors (Lipinski definition) is 1. The molecule has 2 heteroatoms. The third-order valence-electron chi connectivity index (χ3n) is 1.93. The van der Waals surface area contributed by atoms with Gasteiger partial charge in [-0.25, -0.2) is 0 Å². The van der Waals surface area contributed by atoms with Gasteiger partial charge >= 0.3 is 0 Å². The van der Waals surface area contributed by atoms with E-state index < -0.39 is 0 Å². The number of hydrogen-bond acceptors (Lipinski definition) is 1. The zero-order valence-electron chi connectivity index (χ0n) is 9.55. The predicted molar refractivity (Wildman–Crippen MR) is 70.9 cm³/mol. The molecule has 0 aliphatic carbocycles. The van der Waals surface area contributed by atoms with Gasteiger partial charge < -0.3 is 5.32 Å². The Hall–Kier alpha value is -0.600. The standard InChI is InChI=1S/C13H18BrN/c1-13(2,3)15-10-4-5-11-6-8-12(14)9-7-11/h4-9,15H,10H2,1-3H3. The molecule has 0 fully saturated rings. The summed E-state index contributed by atoms with van der Waals surface area (Å²) in [6.45, 7) is 7.40. The molecule has 0 saturated carbocycles. The van der Waals surface area contributed by atoms with E-state index in [9.17, 15) is 0 Å². The zero-order valence-corrected chi connectivity index (χ0v) is 11.1. The predicted octanol–water partition coefficient (Wildman–Crippen LogP) is 3.85. The van der Waals surface area contributed by atoms with E-state index in [2.05, 4.69) is 78.4 Å². The molecular weight excluding hydrogens is 250 g/mol. The molecule has 0 aromatic heterocycles. The van der Waals surface area contributed by atoms with Crippen LogP contribution in [0.3, 0.4) is 0 Å². The van der Waals surface area contributed by atoms with Crippen LogP contribution >= 0.6 is 15.9 Å². The average molecular weight is 268 g/mol. The van der Waals surface area contributed by atoms with E-state index >= 15 is 0 Å². The average Bonchev–Trinajstić information content (AvgIpc) is 2.14. The van der Waals surface area contributed by atoms with Crippen molar-refractivity contribution in [2.75, 3.05) is 6.54 Å². The fourth-order valence-electron chi connectivity index (χ4n) is 1.13. The molecule has 15 heavy (non-hydrogen) atoms. The van der Waals surface area contributed by atoms with Crippen LogP contribution in [0.1, 0.15) is 26.3 Å². The second-order valence-corrected chi connectivity index (χ2v) is 5.50. The van der Waals surface area contributed by atoms with Gasteiger partial charge in [0.25, 0.3) is 0 Å². The molecule has 0 spiro atoms. The van der Waals surface area contributed by atoms with Gasteiger partial charge in [0.1, 0.15) is 0 Å². The Morgan fingerprint density at radius 1 is 1.20 bits per heavy atom. The van der Waals surface area contributed by atoms with Crippen molar-refractivity contribution in [3.05, 3.63) is 40.4 Å². The topological polar surface area (TPSA) is 12.0 Å². The van der Waals surface area contributed by atoms with Crippen molar-refractivity contribution in [3.8, 4) is 0 Å². The summed E-state index contributed by atoms with van der Waals surface area (Å²) in [6, 6.07) is 8.29. The Kier molecular flexibility index (Phi) is 4.55. The Balaban J connectivity index is 2.42. The second-order valence-electron chi connectivity index (χ2n) is 4.58. The van der Waals surface area contributed by atoms with Crippen molar-refractivity contribution in [3.63, 3.8) is 0 Å². The molecular formula is C13H18BrN. The van der Waals surface area contributed by atoms with Crippen molar-refractivity contribution >= 4 is 22.0 Å². The summed E-state index contributed by atoms with van der Waals surface area (Å²) in [6.07, 6.45) is 4.28. The molecule has 0 unspecified atom stereocenters. The van der Waals surface area contributed by atoms with Crippen molar-refractivity contribution < 1.29 is 0 Å². The van der Waals surface area contributed by atoms with Gasteiger partial charge in [-0.05, 0) is 38.5 Å². The Morgan fingerprint density at radius 2 is 1.80 bits per heavy atom. The normalized spacial score (nSPS) is 12.3. The molecule has 0 bridgehead atoms. The van der Waals surface area contributed by atoms with Crippen LogP contribution in [0.2, 0.25) is 0 Å². The number of rotatable bonds is 3. The van der Waals surface area contributed by atoms with E-state index in [1.807, 2.05) is 0 Å². The number of halogens is 1. The second kappa shape index (κ2) is 5.47. The molecule has 0 heterocycles. The molecule has 1 aromatic carbocycles. The summed E-state index contributed by atoms with van der Waals surface area (Å²) in [5, 5.41) is 3.41. The summed E-state index contributed by atoms with van der Waals surface area (Å²) in [5.41, 5.74) is 1.42. The van der Waals surface area contributed by atoms with Crippen LogP contribution in [-0.4, -0.2) is 12.1 Å². The first-order valence-corrected chi connectivity index (χ1v) is 5.94. The molecule has 1 nitrogen and oxygen atoms in total. The van der Waals surface area contributed by atoms with E-state index in [0.29, 0.717) is 0 Å². The minimum absolute atomic E-state index is 0.185. The van der Waals surface area contributed by atoms with Crippen LogP contribution in [0, 0.1) is 0 Å². The van der Waals surface area contributed by atoms with Gasteiger partial charge in [-0.3, -0.25) is 0 Å². The van der Waals surface area contributed by atoms with Gasteiger partial charge in [-0.2, -0.15) is 0 Å². The number of nitrogens with one attached hydrogen (secondary N) is 1. The highest BCUT2D eigenvalue weighted by Gasteiger charge is 2.05. The van der Waals surface area contributed by atoms with Gasteiger partial charge in [-0.15, -0.1) is 0 Å². The largest absolute Gasteiger partial charge is 0.309 e. The molecule has 0 aliphatic heterocycles. The van der Waals surface area contributed by atoms with Gasteiger partial charge in [0.15, 0.2) is 0 Å². The first-order valence-electron chi connectivity index (χ1n) is 5.14. The van der Waals surface area contributed by atoms with Crippen LogP contribution in [-0.2, 0) is 0 Å². The third kappa shape index (κ3) is 5.75. The highest BCUT2D eigenvalue weighted by atomic mass is 79.9. The lowest BCUT2D eigenvalue weighted by Crippen LogP contribution is -2.35. The van der Waals surface area contributed by atoms with Crippen molar-refractivity contribution in [1.82, 2.24) is 5.32 Å².